The maximum Gasteiger partial charge on any atom is 0.303 e. The molecule has 5 atom stereocenters. The van der Waals surface area contributed by atoms with Crippen LogP contribution in [0.2, 0.25) is 0 Å². The Labute approximate surface area is 180 Å². The largest absolute Gasteiger partial charge is 0.463 e. The fourth-order valence-electron chi connectivity index (χ4n) is 2.92. The summed E-state index contributed by atoms with van der Waals surface area (Å²) >= 11 is 3.26. The van der Waals surface area contributed by atoms with Crippen molar-refractivity contribution in [3.8, 4) is 0 Å². The zero-order valence-electron chi connectivity index (χ0n) is 16.8. The van der Waals surface area contributed by atoms with Gasteiger partial charge in [0.1, 0.15) is 12.7 Å². The van der Waals surface area contributed by atoms with Gasteiger partial charge in [-0.15, -0.1) is 5.10 Å². The molecule has 1 aliphatic heterocycles. The van der Waals surface area contributed by atoms with Gasteiger partial charge in [-0.2, -0.15) is 0 Å². The average molecular weight is 492 g/mol. The van der Waals surface area contributed by atoms with Crippen LogP contribution in [0.25, 0.3) is 0 Å². The molecule has 0 N–H and O–H groups in total. The van der Waals surface area contributed by atoms with E-state index in [0.717, 1.165) is 13.8 Å². The number of alkyl halides is 1. The number of esters is 4. The summed E-state index contributed by atoms with van der Waals surface area (Å²) in [4.78, 5) is 46.5. The van der Waals surface area contributed by atoms with Crippen LogP contribution in [0.3, 0.4) is 0 Å². The lowest BCUT2D eigenvalue weighted by Crippen LogP contribution is -2.60. The molecule has 0 aromatic carbocycles. The molecule has 0 amide bonds. The molecule has 0 radical (unpaired) electrons. The Morgan fingerprint density at radius 1 is 0.967 bits per heavy atom. The zero-order valence-corrected chi connectivity index (χ0v) is 18.4. The van der Waals surface area contributed by atoms with Crippen molar-refractivity contribution in [2.24, 2.45) is 0 Å². The Bertz CT molecular complexity index is 799. The molecule has 2 rings (SSSR count). The van der Waals surface area contributed by atoms with E-state index in [9.17, 15) is 19.2 Å². The fraction of sp³-hybridized carbons (Fsp3) is 0.647. The molecular formula is C17H22BrN3O9. The molecule has 1 fully saturated rings. The molecule has 2 heterocycles. The first-order valence-corrected chi connectivity index (χ1v) is 10.0. The minimum atomic E-state index is -1.26. The highest BCUT2D eigenvalue weighted by Crippen LogP contribution is 2.34. The number of carbonyl (C=O) groups is 4. The van der Waals surface area contributed by atoms with Crippen molar-refractivity contribution in [2.75, 3.05) is 6.61 Å². The number of aromatic nitrogens is 3. The van der Waals surface area contributed by atoms with Gasteiger partial charge >= 0.3 is 23.9 Å². The smallest absolute Gasteiger partial charge is 0.303 e. The molecule has 0 spiro atoms. The predicted octanol–water partition coefficient (Wildman–Crippen LogP) is 0.429. The highest BCUT2D eigenvalue weighted by molar-refractivity contribution is 9.08. The van der Waals surface area contributed by atoms with E-state index in [1.54, 1.807) is 0 Å². The SMILES string of the molecule is CC(=O)OC[C@H]1O[C@@H](n2cc(CBr)nn2)[C@H](OC(C)=O)[C@@H](OC(C)=O)[C@H]1OC(C)=O. The van der Waals surface area contributed by atoms with Crippen LogP contribution in [-0.4, -0.2) is 69.9 Å². The summed E-state index contributed by atoms with van der Waals surface area (Å²) in [5.74, 6) is -2.69. The van der Waals surface area contributed by atoms with Crippen LogP contribution in [0.4, 0.5) is 0 Å². The van der Waals surface area contributed by atoms with Crippen LogP contribution in [0, 0.1) is 0 Å². The normalized spacial score (nSPS) is 25.8. The topological polar surface area (TPSA) is 145 Å². The average Bonchev–Trinajstić information content (AvgIpc) is 3.11. The molecule has 30 heavy (non-hydrogen) atoms. The predicted molar refractivity (Wildman–Crippen MR) is 99.9 cm³/mol. The van der Waals surface area contributed by atoms with Gasteiger partial charge in [0.05, 0.1) is 11.9 Å². The second kappa shape index (κ2) is 10.5. The Morgan fingerprint density at radius 3 is 2.03 bits per heavy atom. The van der Waals surface area contributed by atoms with E-state index < -0.39 is 54.5 Å². The van der Waals surface area contributed by atoms with Gasteiger partial charge in [0, 0.05) is 33.0 Å². The summed E-state index contributed by atoms with van der Waals surface area (Å²) in [6, 6.07) is 0. The number of carbonyl (C=O) groups excluding carboxylic acids is 4. The van der Waals surface area contributed by atoms with Crippen molar-refractivity contribution in [1.29, 1.82) is 0 Å². The molecule has 0 unspecified atom stereocenters. The maximum absolute atomic E-state index is 11.8. The summed E-state index contributed by atoms with van der Waals surface area (Å²) < 4.78 is 28.3. The van der Waals surface area contributed by atoms with Gasteiger partial charge in [-0.05, 0) is 0 Å². The highest BCUT2D eigenvalue weighted by atomic mass is 79.9. The number of halogens is 1. The third kappa shape index (κ3) is 6.23. The molecule has 1 aromatic heterocycles. The van der Waals surface area contributed by atoms with Gasteiger partial charge in [0.2, 0.25) is 0 Å². The quantitative estimate of drug-likeness (QED) is 0.297. The lowest BCUT2D eigenvalue weighted by molar-refractivity contribution is -0.270. The molecule has 12 nitrogen and oxygen atoms in total. The summed E-state index contributed by atoms with van der Waals surface area (Å²) in [5.41, 5.74) is 0.558. The van der Waals surface area contributed by atoms with E-state index in [-0.39, 0.29) is 6.61 Å². The van der Waals surface area contributed by atoms with E-state index in [1.807, 2.05) is 0 Å². The number of hydrogen-bond donors (Lipinski definition) is 0. The van der Waals surface area contributed by atoms with Crippen molar-refractivity contribution in [2.45, 2.75) is 63.7 Å². The Balaban J connectivity index is 2.50. The summed E-state index contributed by atoms with van der Waals surface area (Å²) in [6.07, 6.45) is -4.32. The first-order valence-electron chi connectivity index (χ1n) is 8.89. The molecule has 1 saturated heterocycles. The molecule has 0 bridgehead atoms. The van der Waals surface area contributed by atoms with Gasteiger partial charge in [-0.1, -0.05) is 21.1 Å². The van der Waals surface area contributed by atoms with Gasteiger partial charge in [-0.25, -0.2) is 4.68 Å². The van der Waals surface area contributed by atoms with Crippen LogP contribution >= 0.6 is 15.9 Å². The lowest BCUT2D eigenvalue weighted by atomic mass is 9.97. The maximum atomic E-state index is 11.8. The Hall–Kier alpha value is -2.54. The highest BCUT2D eigenvalue weighted by Gasteiger charge is 2.53. The number of rotatable bonds is 7. The summed E-state index contributed by atoms with van der Waals surface area (Å²) in [6.45, 7) is 4.36. The third-order valence-electron chi connectivity index (χ3n) is 3.92. The first-order chi connectivity index (χ1) is 14.1. The Morgan fingerprint density at radius 2 is 1.53 bits per heavy atom. The van der Waals surface area contributed by atoms with Crippen LogP contribution in [0.1, 0.15) is 39.6 Å². The molecular weight excluding hydrogens is 470 g/mol. The molecule has 1 aromatic rings. The molecule has 166 valence electrons. The van der Waals surface area contributed by atoms with Crippen LogP contribution in [-0.2, 0) is 48.2 Å². The monoisotopic (exact) mass is 491 g/mol. The van der Waals surface area contributed by atoms with E-state index >= 15 is 0 Å². The van der Waals surface area contributed by atoms with E-state index in [4.69, 9.17) is 23.7 Å². The van der Waals surface area contributed by atoms with Gasteiger partial charge in [0.15, 0.2) is 24.5 Å². The van der Waals surface area contributed by atoms with Crippen molar-refractivity contribution >= 4 is 39.8 Å². The van der Waals surface area contributed by atoms with E-state index in [2.05, 4.69) is 26.2 Å². The second-order valence-electron chi connectivity index (χ2n) is 6.41. The molecule has 0 aliphatic carbocycles. The minimum Gasteiger partial charge on any atom is -0.463 e. The number of ether oxygens (including phenoxy) is 5. The molecule has 13 heteroatoms. The van der Waals surface area contributed by atoms with E-state index in [0.29, 0.717) is 11.0 Å². The van der Waals surface area contributed by atoms with Crippen LogP contribution < -0.4 is 0 Å². The van der Waals surface area contributed by atoms with Crippen LogP contribution in [0.15, 0.2) is 6.20 Å². The van der Waals surface area contributed by atoms with Gasteiger partial charge < -0.3 is 23.7 Å². The first kappa shape index (κ1) is 23.7. The standard InChI is InChI=1S/C17H22BrN3O9/c1-8(22)26-7-13-14(27-9(2)23)15(28-10(3)24)16(29-11(4)25)17(30-13)21-6-12(5-18)19-20-21/h6,13-17H,5,7H2,1-4H3/t13-,14+,15+,16-,17-/m1/s1. The Kier molecular flexibility index (Phi) is 8.29. The van der Waals surface area contributed by atoms with Crippen molar-refractivity contribution in [1.82, 2.24) is 15.0 Å². The third-order valence-corrected chi connectivity index (χ3v) is 4.50. The lowest BCUT2D eigenvalue weighted by Gasteiger charge is -2.44. The van der Waals surface area contributed by atoms with Crippen molar-refractivity contribution in [3.05, 3.63) is 11.9 Å². The van der Waals surface area contributed by atoms with Crippen LogP contribution in [0.5, 0.6) is 0 Å². The number of nitrogens with zero attached hydrogens (tertiary/aromatic N) is 3. The fourth-order valence-corrected chi connectivity index (χ4v) is 3.17. The zero-order chi connectivity index (χ0) is 22.4. The number of hydrogen-bond acceptors (Lipinski definition) is 11. The van der Waals surface area contributed by atoms with E-state index in [1.165, 1.54) is 24.7 Å². The molecule has 1 aliphatic rings. The molecule has 0 saturated carbocycles. The van der Waals surface area contributed by atoms with Gasteiger partial charge in [-0.3, -0.25) is 19.2 Å². The minimum absolute atomic E-state index is 0.311. The second-order valence-corrected chi connectivity index (χ2v) is 6.97. The van der Waals surface area contributed by atoms with Crippen molar-refractivity contribution < 1.29 is 42.9 Å². The summed E-state index contributed by atoms with van der Waals surface area (Å²) in [7, 11) is 0. The van der Waals surface area contributed by atoms with Crippen molar-refractivity contribution in [3.63, 3.8) is 0 Å². The summed E-state index contributed by atoms with van der Waals surface area (Å²) in [5, 5.41) is 8.31. The van der Waals surface area contributed by atoms with Gasteiger partial charge in [0.25, 0.3) is 0 Å².